The molecule has 0 fully saturated rings. The largest absolute Gasteiger partial charge is 0.462 e. The molecule has 0 N–H and O–H groups in total. The van der Waals surface area contributed by atoms with Gasteiger partial charge in [-0.25, -0.2) is 17.6 Å². The molecule has 2 rings (SSSR count). The van der Waals surface area contributed by atoms with E-state index < -0.39 is 21.8 Å². The Balaban J connectivity index is 2.34. The molecular weight excluding hydrogens is 401 g/mol. The van der Waals surface area contributed by atoms with Crippen LogP contribution in [0.15, 0.2) is 51.8 Å². The van der Waals surface area contributed by atoms with E-state index in [4.69, 9.17) is 4.74 Å². The quantitative estimate of drug-likeness (QED) is 0.699. The molecule has 0 heterocycles. The first-order valence-electron chi connectivity index (χ1n) is 6.98. The third-order valence-electron chi connectivity index (χ3n) is 3.27. The molecule has 0 amide bonds. The molecule has 0 unspecified atom stereocenters. The number of benzene rings is 2. The minimum atomic E-state index is -3.96. The molecule has 2 aromatic rings. The minimum Gasteiger partial charge on any atom is -0.462 e. The van der Waals surface area contributed by atoms with Gasteiger partial charge in [0.05, 0.1) is 22.8 Å². The van der Waals surface area contributed by atoms with Gasteiger partial charge in [-0.05, 0) is 49.4 Å². The lowest BCUT2D eigenvalue weighted by Crippen LogP contribution is -2.27. The van der Waals surface area contributed by atoms with E-state index in [0.29, 0.717) is 4.47 Å². The highest BCUT2D eigenvalue weighted by Crippen LogP contribution is 2.27. The summed E-state index contributed by atoms with van der Waals surface area (Å²) in [6.07, 6.45) is 0. The number of esters is 1. The lowest BCUT2D eigenvalue weighted by Gasteiger charge is -2.20. The molecule has 2 aromatic carbocycles. The van der Waals surface area contributed by atoms with Crippen LogP contribution in [0.5, 0.6) is 0 Å². The highest BCUT2D eigenvalue weighted by Gasteiger charge is 2.24. The van der Waals surface area contributed by atoms with Crippen LogP contribution in [-0.4, -0.2) is 28.0 Å². The normalized spacial score (nSPS) is 11.2. The van der Waals surface area contributed by atoms with Gasteiger partial charge in [0.2, 0.25) is 0 Å². The van der Waals surface area contributed by atoms with Crippen LogP contribution in [-0.2, 0) is 14.8 Å². The zero-order valence-electron chi connectivity index (χ0n) is 13.0. The number of anilines is 1. The second kappa shape index (κ2) is 7.31. The summed E-state index contributed by atoms with van der Waals surface area (Å²) in [7, 11) is -2.69. The van der Waals surface area contributed by atoms with Crippen molar-refractivity contribution in [2.45, 2.75) is 11.8 Å². The molecule has 0 aliphatic heterocycles. The van der Waals surface area contributed by atoms with Gasteiger partial charge < -0.3 is 4.74 Å². The molecular formula is C16H15BrFNO4S. The van der Waals surface area contributed by atoms with Crippen molar-refractivity contribution in [2.24, 2.45) is 0 Å². The van der Waals surface area contributed by atoms with Crippen molar-refractivity contribution in [3.05, 3.63) is 58.3 Å². The van der Waals surface area contributed by atoms with Gasteiger partial charge in [-0.3, -0.25) is 4.31 Å². The molecule has 0 saturated carbocycles. The maximum absolute atomic E-state index is 14.0. The van der Waals surface area contributed by atoms with Crippen LogP contribution in [0, 0.1) is 5.82 Å². The van der Waals surface area contributed by atoms with Gasteiger partial charge in [-0.15, -0.1) is 0 Å². The van der Waals surface area contributed by atoms with Gasteiger partial charge >= 0.3 is 5.97 Å². The number of halogens is 2. The van der Waals surface area contributed by atoms with E-state index in [-0.39, 0.29) is 22.8 Å². The molecule has 0 aliphatic rings. The number of sulfonamides is 1. The van der Waals surface area contributed by atoms with Crippen molar-refractivity contribution in [3.8, 4) is 0 Å². The zero-order chi connectivity index (χ0) is 17.9. The van der Waals surface area contributed by atoms with E-state index in [1.807, 2.05) is 0 Å². The van der Waals surface area contributed by atoms with Crippen molar-refractivity contribution in [1.82, 2.24) is 0 Å². The fraction of sp³-hybridized carbons (Fsp3) is 0.188. The predicted octanol–water partition coefficient (Wildman–Crippen LogP) is 3.59. The van der Waals surface area contributed by atoms with Gasteiger partial charge in [0.15, 0.2) is 0 Å². The van der Waals surface area contributed by atoms with Gasteiger partial charge in [0.1, 0.15) is 5.82 Å². The maximum Gasteiger partial charge on any atom is 0.338 e. The van der Waals surface area contributed by atoms with Crippen molar-refractivity contribution >= 4 is 37.6 Å². The Kier molecular flexibility index (Phi) is 5.61. The molecule has 24 heavy (non-hydrogen) atoms. The van der Waals surface area contributed by atoms with E-state index in [1.54, 1.807) is 13.0 Å². The summed E-state index contributed by atoms with van der Waals surface area (Å²) in [6.45, 7) is 1.91. The highest BCUT2D eigenvalue weighted by molar-refractivity contribution is 9.10. The van der Waals surface area contributed by atoms with Gasteiger partial charge in [0, 0.05) is 11.5 Å². The standard InChI is InChI=1S/C16H15BrFNO4S/c1-3-23-16(20)11-4-7-13(8-5-11)24(21,22)19(2)15-9-6-12(17)10-14(15)18/h4-10H,3H2,1-2H3. The van der Waals surface area contributed by atoms with Crippen LogP contribution in [0.4, 0.5) is 10.1 Å². The Hall–Kier alpha value is -1.93. The number of carbonyl (C=O) groups excluding carboxylic acids is 1. The van der Waals surface area contributed by atoms with Crippen LogP contribution >= 0.6 is 15.9 Å². The second-order valence-electron chi connectivity index (χ2n) is 4.81. The lowest BCUT2D eigenvalue weighted by molar-refractivity contribution is 0.0526. The summed E-state index contributed by atoms with van der Waals surface area (Å²) in [4.78, 5) is 11.5. The minimum absolute atomic E-state index is 0.0552. The maximum atomic E-state index is 14.0. The van der Waals surface area contributed by atoms with Crippen molar-refractivity contribution in [3.63, 3.8) is 0 Å². The number of nitrogens with zero attached hydrogens (tertiary/aromatic N) is 1. The average Bonchev–Trinajstić information content (AvgIpc) is 2.54. The van der Waals surface area contributed by atoms with Crippen LogP contribution in [0.25, 0.3) is 0 Å². The summed E-state index contributed by atoms with van der Waals surface area (Å²) < 4.78 is 45.4. The van der Waals surface area contributed by atoms with Crippen LogP contribution in [0.2, 0.25) is 0 Å². The summed E-state index contributed by atoms with van der Waals surface area (Å²) >= 11 is 3.12. The first-order chi connectivity index (χ1) is 11.3. The summed E-state index contributed by atoms with van der Waals surface area (Å²) in [5, 5.41) is 0. The lowest BCUT2D eigenvalue weighted by atomic mass is 10.2. The fourth-order valence-electron chi connectivity index (χ4n) is 2.00. The molecule has 0 aliphatic carbocycles. The molecule has 5 nitrogen and oxygen atoms in total. The van der Waals surface area contributed by atoms with E-state index in [0.717, 1.165) is 4.31 Å². The number of carbonyl (C=O) groups is 1. The van der Waals surface area contributed by atoms with Crippen LogP contribution in [0.3, 0.4) is 0 Å². The van der Waals surface area contributed by atoms with Gasteiger partial charge in [0.25, 0.3) is 10.0 Å². The number of hydrogen-bond donors (Lipinski definition) is 0. The topological polar surface area (TPSA) is 63.7 Å². The number of rotatable bonds is 5. The van der Waals surface area contributed by atoms with E-state index in [1.165, 1.54) is 43.4 Å². The van der Waals surface area contributed by atoms with Crippen molar-refractivity contribution in [2.75, 3.05) is 18.0 Å². The van der Waals surface area contributed by atoms with Gasteiger partial charge in [-0.1, -0.05) is 15.9 Å². The summed E-state index contributed by atoms with van der Waals surface area (Å²) in [6, 6.07) is 9.39. The molecule has 0 radical (unpaired) electrons. The smallest absolute Gasteiger partial charge is 0.338 e. The van der Waals surface area contributed by atoms with E-state index in [2.05, 4.69) is 15.9 Å². The molecule has 0 spiro atoms. The number of ether oxygens (including phenoxy) is 1. The summed E-state index contributed by atoms with van der Waals surface area (Å²) in [5.74, 6) is -1.20. The van der Waals surface area contributed by atoms with E-state index >= 15 is 0 Å². The molecule has 8 heteroatoms. The third kappa shape index (κ3) is 3.76. The predicted molar refractivity (Wildman–Crippen MR) is 92.1 cm³/mol. The monoisotopic (exact) mass is 415 g/mol. The Morgan fingerprint density at radius 1 is 1.21 bits per heavy atom. The SMILES string of the molecule is CCOC(=O)c1ccc(S(=O)(=O)N(C)c2ccc(Br)cc2F)cc1. The second-order valence-corrected chi connectivity index (χ2v) is 7.70. The molecule has 128 valence electrons. The Morgan fingerprint density at radius 2 is 1.83 bits per heavy atom. The first kappa shape index (κ1) is 18.4. The molecule has 0 atom stereocenters. The molecule has 0 aromatic heterocycles. The van der Waals surface area contributed by atoms with Crippen LogP contribution < -0.4 is 4.31 Å². The summed E-state index contributed by atoms with van der Waals surface area (Å²) in [5.41, 5.74) is 0.168. The molecule has 0 bridgehead atoms. The first-order valence-corrected chi connectivity index (χ1v) is 9.22. The van der Waals surface area contributed by atoms with Gasteiger partial charge in [-0.2, -0.15) is 0 Å². The van der Waals surface area contributed by atoms with Crippen LogP contribution in [0.1, 0.15) is 17.3 Å². The Labute approximate surface area is 148 Å². The highest BCUT2D eigenvalue weighted by atomic mass is 79.9. The zero-order valence-corrected chi connectivity index (χ0v) is 15.4. The van der Waals surface area contributed by atoms with Crippen molar-refractivity contribution in [1.29, 1.82) is 0 Å². The Morgan fingerprint density at radius 3 is 2.38 bits per heavy atom. The number of hydrogen-bond acceptors (Lipinski definition) is 4. The third-order valence-corrected chi connectivity index (χ3v) is 5.55. The fourth-order valence-corrected chi connectivity index (χ4v) is 3.54. The van der Waals surface area contributed by atoms with E-state index in [9.17, 15) is 17.6 Å². The Bertz CT molecular complexity index is 853. The van der Waals surface area contributed by atoms with Crippen molar-refractivity contribution < 1.29 is 22.3 Å². The molecule has 0 saturated heterocycles. The average molecular weight is 416 g/mol.